The van der Waals surface area contributed by atoms with Crippen molar-refractivity contribution in [2.45, 2.75) is 32.9 Å². The molecule has 3 aromatic rings. The van der Waals surface area contributed by atoms with Gasteiger partial charge in [0.05, 0.1) is 11.4 Å². The number of halogens is 1. The van der Waals surface area contributed by atoms with E-state index in [1.165, 1.54) is 10.3 Å². The Morgan fingerprint density at radius 1 is 1.00 bits per heavy atom. The van der Waals surface area contributed by atoms with Crippen LogP contribution in [0.25, 0.3) is 10.1 Å². The van der Waals surface area contributed by atoms with Crippen LogP contribution in [0, 0.1) is 0 Å². The largest absolute Gasteiger partial charge is 0.292 e. The van der Waals surface area contributed by atoms with Crippen LogP contribution in [0.1, 0.15) is 36.0 Å². The molecular weight excluding hydrogens is 350 g/mol. The van der Waals surface area contributed by atoms with Crippen LogP contribution < -0.4 is 0 Å². The Bertz CT molecular complexity index is 803. The van der Waals surface area contributed by atoms with Gasteiger partial charge in [0.15, 0.2) is 5.78 Å². The smallest absolute Gasteiger partial charge is 0.186 e. The van der Waals surface area contributed by atoms with Crippen molar-refractivity contribution < 1.29 is 4.79 Å². The van der Waals surface area contributed by atoms with E-state index in [4.69, 9.17) is 0 Å². The lowest BCUT2D eigenvalue weighted by molar-refractivity contribution is 0.0797. The van der Waals surface area contributed by atoms with E-state index in [9.17, 15) is 4.79 Å². The summed E-state index contributed by atoms with van der Waals surface area (Å²) in [6.07, 6.45) is 0. The van der Waals surface area contributed by atoms with Crippen molar-refractivity contribution >= 4 is 39.6 Å². The second-order valence-electron chi connectivity index (χ2n) is 7.08. The van der Waals surface area contributed by atoms with Crippen LogP contribution in [-0.4, -0.2) is 22.8 Å². The summed E-state index contributed by atoms with van der Waals surface area (Å²) in [7, 11) is 0. The van der Waals surface area contributed by atoms with Crippen molar-refractivity contribution in [1.29, 1.82) is 0 Å². The molecule has 0 amide bonds. The molecule has 0 bridgehead atoms. The van der Waals surface area contributed by atoms with Gasteiger partial charge >= 0.3 is 0 Å². The number of thiophene rings is 1. The van der Waals surface area contributed by atoms with Crippen molar-refractivity contribution in [3.05, 3.63) is 71.1 Å². The van der Waals surface area contributed by atoms with Gasteiger partial charge < -0.3 is 0 Å². The molecule has 25 heavy (non-hydrogen) atoms. The van der Waals surface area contributed by atoms with Gasteiger partial charge in [-0.3, -0.25) is 9.69 Å². The number of Topliss-reactive ketones (excluding diaryl/α,β-unsaturated/α-hetero) is 1. The molecule has 0 aliphatic rings. The summed E-state index contributed by atoms with van der Waals surface area (Å²) in [5.74, 6) is 0.196. The topological polar surface area (TPSA) is 20.3 Å². The summed E-state index contributed by atoms with van der Waals surface area (Å²) < 4.78 is 1.17. The fraction of sp³-hybridized carbons (Fsp3) is 0.286. The first-order chi connectivity index (χ1) is 11.4. The molecular formula is C21H24ClNOS. The Hall–Kier alpha value is -1.68. The highest BCUT2D eigenvalue weighted by Gasteiger charge is 2.25. The lowest BCUT2D eigenvalue weighted by Crippen LogP contribution is -2.43. The zero-order valence-corrected chi connectivity index (χ0v) is 16.5. The molecule has 1 aromatic heterocycles. The van der Waals surface area contributed by atoms with Crippen LogP contribution in [0.15, 0.2) is 60.7 Å². The van der Waals surface area contributed by atoms with Crippen molar-refractivity contribution in [3.63, 3.8) is 0 Å². The van der Waals surface area contributed by atoms with Crippen molar-refractivity contribution in [1.82, 2.24) is 4.90 Å². The highest BCUT2D eigenvalue weighted by Crippen LogP contribution is 2.27. The summed E-state index contributed by atoms with van der Waals surface area (Å²) in [6.45, 7) is 7.70. The third-order valence-electron chi connectivity index (χ3n) is 4.20. The molecule has 0 radical (unpaired) electrons. The number of rotatable bonds is 5. The molecule has 1 heterocycles. The molecule has 0 fully saturated rings. The Balaban J connectivity index is 0.00000225. The van der Waals surface area contributed by atoms with Crippen LogP contribution >= 0.6 is 23.7 Å². The Morgan fingerprint density at radius 3 is 2.28 bits per heavy atom. The molecule has 2 aromatic carbocycles. The van der Waals surface area contributed by atoms with Crippen molar-refractivity contribution in [2.24, 2.45) is 0 Å². The Morgan fingerprint density at radius 2 is 1.64 bits per heavy atom. The monoisotopic (exact) mass is 373 g/mol. The number of carbonyl (C=O) groups is 1. The van der Waals surface area contributed by atoms with E-state index in [2.05, 4.69) is 49.9 Å². The van der Waals surface area contributed by atoms with Crippen molar-refractivity contribution in [2.75, 3.05) is 6.54 Å². The minimum atomic E-state index is -0.0673. The highest BCUT2D eigenvalue weighted by atomic mass is 35.5. The van der Waals surface area contributed by atoms with Crippen LogP contribution in [-0.2, 0) is 6.54 Å². The average molecular weight is 374 g/mol. The van der Waals surface area contributed by atoms with E-state index < -0.39 is 0 Å². The first-order valence-electron chi connectivity index (χ1n) is 8.24. The average Bonchev–Trinajstić information content (AvgIpc) is 2.98. The molecule has 2 nitrogen and oxygen atoms in total. The maximum absolute atomic E-state index is 12.8. The van der Waals surface area contributed by atoms with Crippen LogP contribution in [0.5, 0.6) is 0 Å². The molecule has 4 heteroatoms. The third-order valence-corrected chi connectivity index (χ3v) is 5.36. The normalized spacial score (nSPS) is 11.5. The van der Waals surface area contributed by atoms with Gasteiger partial charge in [-0.25, -0.2) is 0 Å². The second kappa shape index (κ2) is 8.13. The molecule has 0 atom stereocenters. The highest BCUT2D eigenvalue weighted by molar-refractivity contribution is 7.20. The van der Waals surface area contributed by atoms with Gasteiger partial charge in [-0.05, 0) is 43.9 Å². The van der Waals surface area contributed by atoms with Gasteiger partial charge in [0, 0.05) is 16.8 Å². The van der Waals surface area contributed by atoms with Gasteiger partial charge in [-0.1, -0.05) is 48.5 Å². The molecule has 0 aliphatic carbocycles. The number of ketones is 1. The van der Waals surface area contributed by atoms with Gasteiger partial charge in [0.2, 0.25) is 0 Å². The molecule has 0 saturated heterocycles. The van der Waals surface area contributed by atoms with Gasteiger partial charge in [0.25, 0.3) is 0 Å². The Kier molecular flexibility index (Phi) is 6.39. The molecule has 0 saturated carbocycles. The zero-order chi connectivity index (χ0) is 17.2. The van der Waals surface area contributed by atoms with Crippen molar-refractivity contribution in [3.8, 4) is 0 Å². The zero-order valence-electron chi connectivity index (χ0n) is 14.9. The summed E-state index contributed by atoms with van der Waals surface area (Å²) >= 11 is 1.59. The van der Waals surface area contributed by atoms with E-state index >= 15 is 0 Å². The minimum Gasteiger partial charge on any atom is -0.292 e. The molecule has 132 valence electrons. The summed E-state index contributed by atoms with van der Waals surface area (Å²) in [4.78, 5) is 15.9. The third kappa shape index (κ3) is 4.91. The molecule has 3 rings (SSSR count). The first kappa shape index (κ1) is 19.6. The maximum atomic E-state index is 12.8. The van der Waals surface area contributed by atoms with E-state index in [0.717, 1.165) is 16.8 Å². The quantitative estimate of drug-likeness (QED) is 0.526. The summed E-state index contributed by atoms with van der Waals surface area (Å²) in [5.41, 5.74) is 1.17. The molecule has 0 unspecified atom stereocenters. The van der Waals surface area contributed by atoms with E-state index in [1.807, 2.05) is 36.4 Å². The SMILES string of the molecule is CC(C)(C)N(CC(=O)c1cc2ccccc2s1)Cc1ccccc1.Cl. The Labute approximate surface area is 159 Å². The first-order valence-corrected chi connectivity index (χ1v) is 9.06. The van der Waals surface area contributed by atoms with E-state index in [-0.39, 0.29) is 23.7 Å². The maximum Gasteiger partial charge on any atom is 0.186 e. The fourth-order valence-corrected chi connectivity index (χ4v) is 3.70. The number of hydrogen-bond acceptors (Lipinski definition) is 3. The van der Waals surface area contributed by atoms with E-state index in [0.29, 0.717) is 6.54 Å². The number of fused-ring (bicyclic) bond motifs is 1. The fourth-order valence-electron chi connectivity index (χ4n) is 2.70. The lowest BCUT2D eigenvalue weighted by atomic mass is 10.0. The molecule has 0 spiro atoms. The minimum absolute atomic E-state index is 0. The molecule has 0 N–H and O–H groups in total. The van der Waals surface area contributed by atoms with Crippen LogP contribution in [0.3, 0.4) is 0 Å². The lowest BCUT2D eigenvalue weighted by Gasteiger charge is -2.35. The van der Waals surface area contributed by atoms with Gasteiger partial charge in [-0.15, -0.1) is 23.7 Å². The van der Waals surface area contributed by atoms with E-state index in [1.54, 1.807) is 11.3 Å². The molecule has 0 aliphatic heterocycles. The number of hydrogen-bond donors (Lipinski definition) is 0. The van der Waals surface area contributed by atoms with Crippen LogP contribution in [0.2, 0.25) is 0 Å². The summed E-state index contributed by atoms with van der Waals surface area (Å²) in [5, 5.41) is 1.15. The number of benzene rings is 2. The van der Waals surface area contributed by atoms with Crippen LogP contribution in [0.4, 0.5) is 0 Å². The number of nitrogens with zero attached hydrogens (tertiary/aromatic N) is 1. The number of carbonyl (C=O) groups excluding carboxylic acids is 1. The predicted molar refractivity (Wildman–Crippen MR) is 110 cm³/mol. The van der Waals surface area contributed by atoms with Gasteiger partial charge in [0.1, 0.15) is 0 Å². The predicted octanol–water partition coefficient (Wildman–Crippen LogP) is 5.81. The van der Waals surface area contributed by atoms with Gasteiger partial charge in [-0.2, -0.15) is 0 Å². The summed E-state index contributed by atoms with van der Waals surface area (Å²) in [6, 6.07) is 20.5. The second-order valence-corrected chi connectivity index (χ2v) is 8.17. The standard InChI is InChI=1S/C21H23NOS.ClH/c1-21(2,3)22(14-16-9-5-4-6-10-16)15-18(23)20-13-17-11-7-8-12-19(17)24-20;/h4-13H,14-15H2,1-3H3;1H.